The SMILES string of the molecule is C=CC(=O)OC(C)(C)N(C)C.CCl. The van der Waals surface area contributed by atoms with Gasteiger partial charge < -0.3 is 4.74 Å². The molecular weight excluding hydrogens is 190 g/mol. The molecular formula is C9H18ClNO2. The topological polar surface area (TPSA) is 29.5 Å². The Bertz CT molecular complexity index is 167. The highest BCUT2D eigenvalue weighted by atomic mass is 35.5. The summed E-state index contributed by atoms with van der Waals surface area (Å²) >= 11 is 4.64. The van der Waals surface area contributed by atoms with Gasteiger partial charge in [-0.25, -0.2) is 4.79 Å². The Hall–Kier alpha value is -0.540. The van der Waals surface area contributed by atoms with E-state index in [0.717, 1.165) is 6.08 Å². The van der Waals surface area contributed by atoms with Crippen LogP contribution in [0.3, 0.4) is 0 Å². The summed E-state index contributed by atoms with van der Waals surface area (Å²) in [6.45, 7) is 6.94. The van der Waals surface area contributed by atoms with Crippen LogP contribution in [0.25, 0.3) is 0 Å². The highest BCUT2D eigenvalue weighted by molar-refractivity contribution is 6.15. The summed E-state index contributed by atoms with van der Waals surface area (Å²) in [5.74, 6) is -0.399. The average molecular weight is 208 g/mol. The van der Waals surface area contributed by atoms with Crippen LogP contribution in [-0.2, 0) is 9.53 Å². The van der Waals surface area contributed by atoms with Gasteiger partial charge in [0, 0.05) is 12.5 Å². The predicted octanol–water partition coefficient (Wildman–Crippen LogP) is 1.87. The minimum atomic E-state index is -0.564. The third-order valence-electron chi connectivity index (χ3n) is 1.59. The number of esters is 1. The molecule has 0 unspecified atom stereocenters. The molecule has 0 spiro atoms. The molecule has 0 heterocycles. The fraction of sp³-hybridized carbons (Fsp3) is 0.667. The lowest BCUT2D eigenvalue weighted by atomic mass is 10.3. The van der Waals surface area contributed by atoms with E-state index < -0.39 is 11.7 Å². The van der Waals surface area contributed by atoms with Crippen LogP contribution in [0, 0.1) is 0 Å². The van der Waals surface area contributed by atoms with Crippen molar-refractivity contribution < 1.29 is 9.53 Å². The standard InChI is InChI=1S/C8H15NO2.CH3Cl/c1-6-7(10)11-8(2,3)9(4)5;1-2/h6H,1H2,2-5H3;1H3. The number of alkyl halides is 1. The molecule has 0 aliphatic heterocycles. The number of carbonyl (C=O) groups excluding carboxylic acids is 1. The van der Waals surface area contributed by atoms with Gasteiger partial charge >= 0.3 is 5.97 Å². The van der Waals surface area contributed by atoms with Crippen LogP contribution < -0.4 is 0 Å². The minimum Gasteiger partial charge on any atom is -0.441 e. The first kappa shape index (κ1) is 15.0. The Morgan fingerprint density at radius 3 is 2.08 bits per heavy atom. The number of rotatable bonds is 3. The minimum absolute atomic E-state index is 0.399. The second kappa shape index (κ2) is 6.92. The van der Waals surface area contributed by atoms with E-state index in [4.69, 9.17) is 4.74 Å². The third kappa shape index (κ3) is 6.61. The summed E-state index contributed by atoms with van der Waals surface area (Å²) in [6.07, 6.45) is 2.63. The van der Waals surface area contributed by atoms with Crippen LogP contribution in [-0.4, -0.2) is 37.1 Å². The van der Waals surface area contributed by atoms with Gasteiger partial charge in [-0.15, -0.1) is 11.6 Å². The van der Waals surface area contributed by atoms with Crippen molar-refractivity contribution in [3.05, 3.63) is 12.7 Å². The molecule has 0 aromatic carbocycles. The van der Waals surface area contributed by atoms with Gasteiger partial charge in [-0.2, -0.15) is 0 Å². The molecule has 4 heteroatoms. The van der Waals surface area contributed by atoms with Gasteiger partial charge in [0.1, 0.15) is 0 Å². The molecule has 0 radical (unpaired) electrons. The first-order valence-corrected chi connectivity index (χ1v) is 4.56. The van der Waals surface area contributed by atoms with Crippen molar-refractivity contribution in [3.63, 3.8) is 0 Å². The second-order valence-corrected chi connectivity index (χ2v) is 2.97. The van der Waals surface area contributed by atoms with Crippen molar-refractivity contribution in [1.29, 1.82) is 0 Å². The molecule has 0 saturated heterocycles. The van der Waals surface area contributed by atoms with Gasteiger partial charge in [0.2, 0.25) is 0 Å². The first-order valence-electron chi connectivity index (χ1n) is 3.81. The number of nitrogens with zero attached hydrogens (tertiary/aromatic N) is 1. The van der Waals surface area contributed by atoms with E-state index >= 15 is 0 Å². The number of hydrogen-bond acceptors (Lipinski definition) is 3. The third-order valence-corrected chi connectivity index (χ3v) is 1.59. The zero-order chi connectivity index (χ0) is 11.1. The Labute approximate surface area is 85.3 Å². The Morgan fingerprint density at radius 2 is 1.85 bits per heavy atom. The zero-order valence-corrected chi connectivity index (χ0v) is 9.68. The summed E-state index contributed by atoms with van der Waals surface area (Å²) in [6, 6.07) is 0. The Morgan fingerprint density at radius 1 is 1.46 bits per heavy atom. The van der Waals surface area contributed by atoms with E-state index in [0.29, 0.717) is 0 Å². The van der Waals surface area contributed by atoms with Crippen LogP contribution in [0.5, 0.6) is 0 Å². The molecule has 0 amide bonds. The molecule has 0 rings (SSSR count). The number of carbonyl (C=O) groups is 1. The Kier molecular flexibility index (Phi) is 7.96. The largest absolute Gasteiger partial charge is 0.441 e. The summed E-state index contributed by atoms with van der Waals surface area (Å²) in [4.78, 5) is 12.6. The maximum atomic E-state index is 10.8. The zero-order valence-electron chi connectivity index (χ0n) is 8.93. The van der Waals surface area contributed by atoms with E-state index in [1.807, 2.05) is 32.8 Å². The number of hydrogen-bond donors (Lipinski definition) is 0. The fourth-order valence-corrected chi connectivity index (χ4v) is 0.379. The van der Waals surface area contributed by atoms with Crippen molar-refractivity contribution >= 4 is 17.6 Å². The fourth-order valence-electron chi connectivity index (χ4n) is 0.379. The molecule has 0 atom stereocenters. The summed E-state index contributed by atoms with van der Waals surface area (Å²) in [5.41, 5.74) is -0.564. The maximum Gasteiger partial charge on any atom is 0.331 e. The van der Waals surface area contributed by atoms with Crippen molar-refractivity contribution in [2.45, 2.75) is 19.6 Å². The van der Waals surface area contributed by atoms with Crippen molar-refractivity contribution in [3.8, 4) is 0 Å². The molecule has 3 nitrogen and oxygen atoms in total. The molecule has 0 bridgehead atoms. The summed E-state index contributed by atoms with van der Waals surface area (Å²) < 4.78 is 5.02. The van der Waals surface area contributed by atoms with Crippen LogP contribution in [0.2, 0.25) is 0 Å². The van der Waals surface area contributed by atoms with E-state index in [9.17, 15) is 4.79 Å². The molecule has 0 saturated carbocycles. The van der Waals surface area contributed by atoms with Crippen molar-refractivity contribution in [1.82, 2.24) is 4.90 Å². The molecule has 0 fully saturated rings. The average Bonchev–Trinajstić information content (AvgIpc) is 2.07. The highest BCUT2D eigenvalue weighted by Crippen LogP contribution is 2.11. The van der Waals surface area contributed by atoms with Gasteiger partial charge in [0.25, 0.3) is 0 Å². The van der Waals surface area contributed by atoms with Gasteiger partial charge in [0.05, 0.1) is 0 Å². The number of halogens is 1. The van der Waals surface area contributed by atoms with Gasteiger partial charge in [0.15, 0.2) is 5.72 Å². The molecule has 0 aliphatic rings. The van der Waals surface area contributed by atoms with Gasteiger partial charge in [-0.1, -0.05) is 6.58 Å². The van der Waals surface area contributed by atoms with Crippen LogP contribution in [0.15, 0.2) is 12.7 Å². The van der Waals surface area contributed by atoms with Crippen molar-refractivity contribution in [2.24, 2.45) is 0 Å². The maximum absolute atomic E-state index is 10.8. The van der Waals surface area contributed by atoms with Crippen LogP contribution in [0.1, 0.15) is 13.8 Å². The summed E-state index contributed by atoms with van der Waals surface area (Å²) in [7, 11) is 3.69. The van der Waals surface area contributed by atoms with E-state index in [2.05, 4.69) is 18.2 Å². The molecule has 0 aliphatic carbocycles. The van der Waals surface area contributed by atoms with Gasteiger partial charge in [-0.3, -0.25) is 4.90 Å². The molecule has 78 valence electrons. The van der Waals surface area contributed by atoms with E-state index in [1.54, 1.807) is 0 Å². The monoisotopic (exact) mass is 207 g/mol. The van der Waals surface area contributed by atoms with Crippen molar-refractivity contribution in [2.75, 3.05) is 20.5 Å². The smallest absolute Gasteiger partial charge is 0.331 e. The highest BCUT2D eigenvalue weighted by Gasteiger charge is 2.23. The lowest BCUT2D eigenvalue weighted by Gasteiger charge is -2.31. The molecule has 0 aromatic heterocycles. The van der Waals surface area contributed by atoms with Crippen LogP contribution >= 0.6 is 11.6 Å². The Balaban J connectivity index is 0. The second-order valence-electron chi connectivity index (χ2n) is 2.97. The van der Waals surface area contributed by atoms with Crippen LogP contribution in [0.4, 0.5) is 0 Å². The molecule has 0 aromatic rings. The molecule has 13 heavy (non-hydrogen) atoms. The van der Waals surface area contributed by atoms with E-state index in [1.165, 1.54) is 6.38 Å². The molecule has 0 N–H and O–H groups in total. The lowest BCUT2D eigenvalue weighted by Crippen LogP contribution is -2.42. The predicted molar refractivity (Wildman–Crippen MR) is 55.8 cm³/mol. The summed E-state index contributed by atoms with van der Waals surface area (Å²) in [5, 5.41) is 0. The first-order chi connectivity index (χ1) is 5.90. The van der Waals surface area contributed by atoms with Gasteiger partial charge in [-0.05, 0) is 27.9 Å². The quantitative estimate of drug-likeness (QED) is 0.306. The van der Waals surface area contributed by atoms with E-state index in [-0.39, 0.29) is 0 Å². The lowest BCUT2D eigenvalue weighted by molar-refractivity contribution is -0.165. The number of ether oxygens (including phenoxy) is 1. The normalized spacial score (nSPS) is 10.1.